The Morgan fingerprint density at radius 1 is 1.13 bits per heavy atom. The van der Waals surface area contributed by atoms with Gasteiger partial charge in [0.2, 0.25) is 10.0 Å². The van der Waals surface area contributed by atoms with E-state index in [1.54, 1.807) is 6.07 Å². The van der Waals surface area contributed by atoms with Crippen LogP contribution < -0.4 is 10.0 Å². The van der Waals surface area contributed by atoms with Crippen molar-refractivity contribution in [2.24, 2.45) is 0 Å². The molecule has 10 nitrogen and oxygen atoms in total. The number of nitro groups is 1. The highest BCUT2D eigenvalue weighted by Crippen LogP contribution is 2.20. The molecule has 0 bridgehead atoms. The van der Waals surface area contributed by atoms with Gasteiger partial charge in [0.05, 0.1) is 15.5 Å². The number of halogens is 1. The number of benzene rings is 2. The normalized spacial score (nSPS) is 11.2. The summed E-state index contributed by atoms with van der Waals surface area (Å²) < 4.78 is 27.7. The standard InChI is InChI=1S/C18H16BrN5O5S/c19-13-6-4-12(5-7-13)16-11-17(23-22-16)18(25)20-8-9-21-30(28,29)15-3-1-2-14(10-15)24(26)27/h1-7,10-11,21H,8-9H2,(H,20,25)(H,22,23). The van der Waals surface area contributed by atoms with E-state index in [-0.39, 0.29) is 29.4 Å². The van der Waals surface area contributed by atoms with Crippen LogP contribution in [0.3, 0.4) is 0 Å². The molecule has 0 aliphatic heterocycles. The first-order valence-corrected chi connectivity index (χ1v) is 10.9. The van der Waals surface area contributed by atoms with Crippen molar-refractivity contribution < 1.29 is 18.1 Å². The summed E-state index contributed by atoms with van der Waals surface area (Å²) in [5.74, 6) is -0.444. The number of hydrogen-bond donors (Lipinski definition) is 3. The summed E-state index contributed by atoms with van der Waals surface area (Å²) >= 11 is 3.35. The number of sulfonamides is 1. The van der Waals surface area contributed by atoms with E-state index in [0.717, 1.165) is 16.1 Å². The number of carbonyl (C=O) groups excluding carboxylic acids is 1. The fraction of sp³-hybridized carbons (Fsp3) is 0.111. The van der Waals surface area contributed by atoms with Crippen LogP contribution in [-0.2, 0) is 10.0 Å². The van der Waals surface area contributed by atoms with Crippen molar-refractivity contribution in [1.82, 2.24) is 20.2 Å². The third-order valence-electron chi connectivity index (χ3n) is 4.00. The van der Waals surface area contributed by atoms with E-state index in [0.29, 0.717) is 5.69 Å². The van der Waals surface area contributed by atoms with Crippen LogP contribution in [0.5, 0.6) is 0 Å². The Bertz CT molecular complexity index is 1180. The van der Waals surface area contributed by atoms with Crippen LogP contribution in [0.25, 0.3) is 11.3 Å². The lowest BCUT2D eigenvalue weighted by Gasteiger charge is -2.07. The zero-order valence-corrected chi connectivity index (χ0v) is 17.7. The molecule has 3 aromatic rings. The number of carbonyl (C=O) groups is 1. The van der Waals surface area contributed by atoms with Gasteiger partial charge in [0.1, 0.15) is 5.69 Å². The summed E-state index contributed by atoms with van der Waals surface area (Å²) in [4.78, 5) is 22.1. The van der Waals surface area contributed by atoms with Crippen LogP contribution >= 0.6 is 15.9 Å². The lowest BCUT2D eigenvalue weighted by molar-refractivity contribution is -0.385. The Hall–Kier alpha value is -3.09. The molecule has 1 heterocycles. The van der Waals surface area contributed by atoms with E-state index in [1.807, 2.05) is 24.3 Å². The van der Waals surface area contributed by atoms with Gasteiger partial charge in [-0.25, -0.2) is 13.1 Å². The Balaban J connectivity index is 1.54. The fourth-order valence-corrected chi connectivity index (χ4v) is 3.85. The molecule has 2 aromatic carbocycles. The molecule has 156 valence electrons. The van der Waals surface area contributed by atoms with Crippen LogP contribution in [0.1, 0.15) is 10.5 Å². The monoisotopic (exact) mass is 493 g/mol. The van der Waals surface area contributed by atoms with Gasteiger partial charge in [-0.05, 0) is 24.3 Å². The number of aromatic nitrogens is 2. The predicted molar refractivity (Wildman–Crippen MR) is 112 cm³/mol. The van der Waals surface area contributed by atoms with Crippen molar-refractivity contribution in [3.8, 4) is 11.3 Å². The maximum Gasteiger partial charge on any atom is 0.270 e. The summed E-state index contributed by atoms with van der Waals surface area (Å²) in [6, 6.07) is 13.7. The highest BCUT2D eigenvalue weighted by atomic mass is 79.9. The fourth-order valence-electron chi connectivity index (χ4n) is 2.51. The van der Waals surface area contributed by atoms with Crippen LogP contribution in [0.2, 0.25) is 0 Å². The van der Waals surface area contributed by atoms with Crippen LogP contribution in [0.4, 0.5) is 5.69 Å². The number of hydrogen-bond acceptors (Lipinski definition) is 6. The molecule has 0 aliphatic carbocycles. The van der Waals surface area contributed by atoms with E-state index in [9.17, 15) is 23.3 Å². The SMILES string of the molecule is O=C(NCCNS(=O)(=O)c1cccc([N+](=O)[O-])c1)c1cc(-c2ccc(Br)cc2)n[nH]1. The van der Waals surface area contributed by atoms with Gasteiger partial charge in [-0.1, -0.05) is 34.1 Å². The second-order valence-corrected chi connectivity index (χ2v) is 8.76. The minimum Gasteiger partial charge on any atom is -0.349 e. The summed E-state index contributed by atoms with van der Waals surface area (Å²) in [5, 5.41) is 20.1. The first kappa shape index (κ1) is 21.6. The lowest BCUT2D eigenvalue weighted by atomic mass is 10.1. The molecule has 3 N–H and O–H groups in total. The smallest absolute Gasteiger partial charge is 0.270 e. The average molecular weight is 494 g/mol. The van der Waals surface area contributed by atoms with E-state index >= 15 is 0 Å². The number of non-ortho nitro benzene ring substituents is 1. The molecule has 1 aromatic heterocycles. The van der Waals surface area contributed by atoms with Gasteiger partial charge in [-0.2, -0.15) is 5.10 Å². The lowest BCUT2D eigenvalue weighted by Crippen LogP contribution is -2.34. The second-order valence-electron chi connectivity index (χ2n) is 6.08. The topological polar surface area (TPSA) is 147 Å². The third kappa shape index (κ3) is 5.28. The largest absolute Gasteiger partial charge is 0.349 e. The number of nitrogens with zero attached hydrogens (tertiary/aromatic N) is 2. The van der Waals surface area contributed by atoms with Crippen molar-refractivity contribution in [1.29, 1.82) is 0 Å². The number of H-pyrrole nitrogens is 1. The van der Waals surface area contributed by atoms with E-state index in [2.05, 4.69) is 36.2 Å². The number of rotatable bonds is 8. The van der Waals surface area contributed by atoms with Crippen molar-refractivity contribution in [2.75, 3.05) is 13.1 Å². The van der Waals surface area contributed by atoms with Gasteiger partial charge in [-0.3, -0.25) is 20.0 Å². The highest BCUT2D eigenvalue weighted by Gasteiger charge is 2.17. The molecule has 0 aliphatic rings. The Morgan fingerprint density at radius 2 is 1.87 bits per heavy atom. The van der Waals surface area contributed by atoms with Gasteiger partial charge in [0.15, 0.2) is 0 Å². The molecule has 0 saturated heterocycles. The minimum absolute atomic E-state index is 0.0135. The number of amides is 1. The summed E-state index contributed by atoms with van der Waals surface area (Å²) in [7, 11) is -3.94. The minimum atomic E-state index is -3.94. The molecule has 3 rings (SSSR count). The van der Waals surface area contributed by atoms with Crippen molar-refractivity contribution >= 4 is 37.5 Å². The predicted octanol–water partition coefficient (Wildman–Crippen LogP) is 2.46. The molecule has 0 spiro atoms. The van der Waals surface area contributed by atoms with Gasteiger partial charge < -0.3 is 5.32 Å². The maximum atomic E-state index is 12.2. The zero-order chi connectivity index (χ0) is 21.7. The molecule has 0 atom stereocenters. The van der Waals surface area contributed by atoms with Crippen LogP contribution in [0, 0.1) is 10.1 Å². The molecule has 0 unspecified atom stereocenters. The molecule has 1 amide bonds. The van der Waals surface area contributed by atoms with Gasteiger partial charge in [0, 0.05) is 35.3 Å². The summed E-state index contributed by atoms with van der Waals surface area (Å²) in [6.45, 7) is -0.0793. The van der Waals surface area contributed by atoms with Crippen LogP contribution in [0.15, 0.2) is 64.0 Å². The Kier molecular flexibility index (Phi) is 6.59. The van der Waals surface area contributed by atoms with Crippen molar-refractivity contribution in [2.45, 2.75) is 4.90 Å². The highest BCUT2D eigenvalue weighted by molar-refractivity contribution is 9.10. The molecule has 0 saturated carbocycles. The Morgan fingerprint density at radius 3 is 2.57 bits per heavy atom. The van der Waals surface area contributed by atoms with Gasteiger partial charge in [0.25, 0.3) is 11.6 Å². The summed E-state index contributed by atoms with van der Waals surface area (Å²) in [6.07, 6.45) is 0. The van der Waals surface area contributed by atoms with E-state index < -0.39 is 20.9 Å². The number of nitro benzene ring substituents is 1. The van der Waals surface area contributed by atoms with E-state index in [1.165, 1.54) is 18.2 Å². The maximum absolute atomic E-state index is 12.2. The Labute approximate surface area is 180 Å². The van der Waals surface area contributed by atoms with Crippen molar-refractivity contribution in [3.63, 3.8) is 0 Å². The average Bonchev–Trinajstić information content (AvgIpc) is 3.22. The van der Waals surface area contributed by atoms with Gasteiger partial charge in [-0.15, -0.1) is 0 Å². The third-order valence-corrected chi connectivity index (χ3v) is 5.99. The first-order chi connectivity index (χ1) is 14.3. The molecular weight excluding hydrogens is 478 g/mol. The quantitative estimate of drug-likeness (QED) is 0.249. The second kappa shape index (κ2) is 9.15. The van der Waals surface area contributed by atoms with Gasteiger partial charge >= 0.3 is 0 Å². The number of nitrogens with one attached hydrogen (secondary N) is 3. The van der Waals surface area contributed by atoms with Crippen molar-refractivity contribution in [3.05, 3.63) is 74.9 Å². The number of aromatic amines is 1. The van der Waals surface area contributed by atoms with Crippen LogP contribution in [-0.4, -0.2) is 42.5 Å². The molecular formula is C18H16BrN5O5S. The molecule has 30 heavy (non-hydrogen) atoms. The summed E-state index contributed by atoms with van der Waals surface area (Å²) in [5.41, 5.74) is 1.33. The first-order valence-electron chi connectivity index (χ1n) is 8.60. The van der Waals surface area contributed by atoms with E-state index in [4.69, 9.17) is 0 Å². The molecule has 0 radical (unpaired) electrons. The zero-order valence-electron chi connectivity index (χ0n) is 15.3. The molecule has 12 heteroatoms. The molecule has 0 fully saturated rings.